The quantitative estimate of drug-likeness (QED) is 0.891. The van der Waals surface area contributed by atoms with E-state index in [1.807, 2.05) is 11.3 Å². The zero-order valence-corrected chi connectivity index (χ0v) is 12.6. The van der Waals surface area contributed by atoms with Crippen LogP contribution in [0.25, 0.3) is 0 Å². The molecule has 0 aromatic carbocycles. The van der Waals surface area contributed by atoms with E-state index in [0.717, 1.165) is 19.6 Å². The average Bonchev–Trinajstić information content (AvgIpc) is 2.86. The van der Waals surface area contributed by atoms with Gasteiger partial charge in [-0.3, -0.25) is 0 Å². The van der Waals surface area contributed by atoms with Gasteiger partial charge < -0.3 is 10.1 Å². The number of thiazole rings is 1. The number of nitrogens with one attached hydrogen (secondary N) is 1. The van der Waals surface area contributed by atoms with Crippen LogP contribution in [-0.4, -0.2) is 30.3 Å². The van der Waals surface area contributed by atoms with Gasteiger partial charge in [0.05, 0.1) is 23.4 Å². The zero-order valence-electron chi connectivity index (χ0n) is 11.8. The number of aryl methyl sites for hydroxylation is 2. The van der Waals surface area contributed by atoms with Gasteiger partial charge in [0, 0.05) is 23.3 Å². The highest BCUT2D eigenvalue weighted by Gasteiger charge is 2.29. The molecule has 3 unspecified atom stereocenters. The minimum Gasteiger partial charge on any atom is -0.378 e. The number of aromatic nitrogens is 1. The number of hydrogen-bond donors (Lipinski definition) is 1. The molecule has 18 heavy (non-hydrogen) atoms. The first-order valence-corrected chi connectivity index (χ1v) is 7.69. The largest absolute Gasteiger partial charge is 0.378 e. The van der Waals surface area contributed by atoms with Crippen LogP contribution in [0.2, 0.25) is 0 Å². The fourth-order valence-corrected chi connectivity index (χ4v) is 3.61. The summed E-state index contributed by atoms with van der Waals surface area (Å²) in [4.78, 5) is 6.00. The van der Waals surface area contributed by atoms with Gasteiger partial charge in [0.1, 0.15) is 0 Å². The Morgan fingerprint density at radius 2 is 2.28 bits per heavy atom. The van der Waals surface area contributed by atoms with E-state index in [-0.39, 0.29) is 0 Å². The molecule has 4 heteroatoms. The molecular formula is C14H24N2OS. The molecule has 1 aliphatic rings. The van der Waals surface area contributed by atoms with Crippen LogP contribution >= 0.6 is 11.3 Å². The van der Waals surface area contributed by atoms with Gasteiger partial charge in [0.2, 0.25) is 0 Å². The molecule has 3 atom stereocenters. The lowest BCUT2D eigenvalue weighted by Gasteiger charge is -2.22. The van der Waals surface area contributed by atoms with Gasteiger partial charge in [-0.05, 0) is 33.7 Å². The van der Waals surface area contributed by atoms with Gasteiger partial charge >= 0.3 is 0 Å². The van der Waals surface area contributed by atoms with Gasteiger partial charge in [-0.25, -0.2) is 4.98 Å². The first-order valence-electron chi connectivity index (χ1n) is 6.88. The predicted molar refractivity (Wildman–Crippen MR) is 76.3 cm³/mol. The van der Waals surface area contributed by atoms with E-state index in [4.69, 9.17) is 4.74 Å². The van der Waals surface area contributed by atoms with Crippen molar-refractivity contribution in [2.75, 3.05) is 13.2 Å². The first-order chi connectivity index (χ1) is 8.60. The molecular weight excluding hydrogens is 244 g/mol. The molecule has 1 N–H and O–H groups in total. The highest BCUT2D eigenvalue weighted by Crippen LogP contribution is 2.26. The molecule has 1 fully saturated rings. The molecule has 0 bridgehead atoms. The van der Waals surface area contributed by atoms with E-state index >= 15 is 0 Å². The summed E-state index contributed by atoms with van der Waals surface area (Å²) in [6, 6.07) is 0.505. The smallest absolute Gasteiger partial charge is 0.0946 e. The monoisotopic (exact) mass is 268 g/mol. The van der Waals surface area contributed by atoms with Crippen LogP contribution in [0.3, 0.4) is 0 Å². The molecule has 102 valence electrons. The van der Waals surface area contributed by atoms with Crippen molar-refractivity contribution in [3.8, 4) is 0 Å². The summed E-state index contributed by atoms with van der Waals surface area (Å²) in [5.74, 6) is 0.629. The van der Waals surface area contributed by atoms with Crippen LogP contribution in [0.4, 0.5) is 0 Å². The minimum atomic E-state index is 0.413. The highest BCUT2D eigenvalue weighted by molar-refractivity contribution is 7.11. The van der Waals surface area contributed by atoms with Crippen molar-refractivity contribution in [2.45, 2.75) is 52.7 Å². The molecule has 2 rings (SSSR count). The molecule has 1 aliphatic heterocycles. The lowest BCUT2D eigenvalue weighted by molar-refractivity contribution is 0.117. The maximum absolute atomic E-state index is 5.70. The Bertz CT molecular complexity index is 372. The molecule has 2 heterocycles. The summed E-state index contributed by atoms with van der Waals surface area (Å²) in [6.07, 6.45) is 2.62. The van der Waals surface area contributed by atoms with E-state index in [1.165, 1.54) is 22.0 Å². The molecule has 0 aliphatic carbocycles. The van der Waals surface area contributed by atoms with E-state index in [9.17, 15) is 0 Å². The Hall–Kier alpha value is -0.450. The fraction of sp³-hybridized carbons (Fsp3) is 0.786. The van der Waals surface area contributed by atoms with Crippen molar-refractivity contribution in [3.63, 3.8) is 0 Å². The van der Waals surface area contributed by atoms with Gasteiger partial charge in [0.15, 0.2) is 0 Å². The molecule has 1 aromatic rings. The molecule has 0 radical (unpaired) electrons. The molecule has 1 aromatic heterocycles. The third-order valence-electron chi connectivity index (χ3n) is 3.73. The molecule has 0 saturated carbocycles. The maximum atomic E-state index is 5.70. The van der Waals surface area contributed by atoms with E-state index in [0.29, 0.717) is 18.1 Å². The van der Waals surface area contributed by atoms with E-state index in [2.05, 4.69) is 38.0 Å². The summed E-state index contributed by atoms with van der Waals surface area (Å²) < 4.78 is 5.70. The SMILES string of the molecule is CCNC(Cc1nc(C)c(C)s1)C1COC(C)C1. The van der Waals surface area contributed by atoms with Gasteiger partial charge in [-0.1, -0.05) is 6.92 Å². The van der Waals surface area contributed by atoms with E-state index < -0.39 is 0 Å². The molecule has 0 spiro atoms. The third kappa shape index (κ3) is 3.31. The van der Waals surface area contributed by atoms with Gasteiger partial charge in [-0.2, -0.15) is 0 Å². The molecule has 3 nitrogen and oxygen atoms in total. The Morgan fingerprint density at radius 1 is 1.50 bits per heavy atom. The number of likely N-dealkylation sites (N-methyl/N-ethyl adjacent to an activating group) is 1. The second kappa shape index (κ2) is 6.13. The summed E-state index contributed by atoms with van der Waals surface area (Å²) >= 11 is 1.84. The standard InChI is InChI=1S/C14H24N2OS/c1-5-15-13(12-6-9(2)17-8-12)7-14-16-10(3)11(4)18-14/h9,12-13,15H,5-8H2,1-4H3. The Balaban J connectivity index is 2.01. The predicted octanol–water partition coefficient (Wildman–Crippen LogP) is 2.71. The van der Waals surface area contributed by atoms with Crippen molar-refractivity contribution in [1.82, 2.24) is 10.3 Å². The molecule has 1 saturated heterocycles. The van der Waals surface area contributed by atoms with Crippen LogP contribution in [0.15, 0.2) is 0 Å². The maximum Gasteiger partial charge on any atom is 0.0946 e. The van der Waals surface area contributed by atoms with Crippen LogP contribution in [0, 0.1) is 19.8 Å². The molecule has 0 amide bonds. The van der Waals surface area contributed by atoms with Crippen molar-refractivity contribution in [3.05, 3.63) is 15.6 Å². The van der Waals surface area contributed by atoms with Gasteiger partial charge in [0.25, 0.3) is 0 Å². The van der Waals surface area contributed by atoms with Crippen LogP contribution < -0.4 is 5.32 Å². The second-order valence-corrected chi connectivity index (χ2v) is 6.54. The minimum absolute atomic E-state index is 0.413. The average molecular weight is 268 g/mol. The Morgan fingerprint density at radius 3 is 2.78 bits per heavy atom. The Kier molecular flexibility index (Phi) is 4.76. The third-order valence-corrected chi connectivity index (χ3v) is 4.83. The van der Waals surface area contributed by atoms with Crippen molar-refractivity contribution in [1.29, 1.82) is 0 Å². The summed E-state index contributed by atoms with van der Waals surface area (Å²) in [5, 5.41) is 4.87. The van der Waals surface area contributed by atoms with E-state index in [1.54, 1.807) is 0 Å². The fourth-order valence-electron chi connectivity index (χ4n) is 2.61. The zero-order chi connectivity index (χ0) is 13.1. The number of hydrogen-bond acceptors (Lipinski definition) is 4. The highest BCUT2D eigenvalue weighted by atomic mass is 32.1. The lowest BCUT2D eigenvalue weighted by Crippen LogP contribution is -2.38. The number of nitrogens with zero attached hydrogens (tertiary/aromatic N) is 1. The van der Waals surface area contributed by atoms with Crippen molar-refractivity contribution < 1.29 is 4.74 Å². The Labute approximate surface area is 114 Å². The number of ether oxygens (including phenoxy) is 1. The summed E-state index contributed by atoms with van der Waals surface area (Å²) in [5.41, 5.74) is 1.18. The van der Waals surface area contributed by atoms with Crippen LogP contribution in [0.1, 0.15) is 35.8 Å². The second-order valence-electron chi connectivity index (χ2n) is 5.26. The summed E-state index contributed by atoms with van der Waals surface area (Å²) in [7, 11) is 0. The van der Waals surface area contributed by atoms with Crippen molar-refractivity contribution >= 4 is 11.3 Å². The normalized spacial score (nSPS) is 25.6. The first kappa shape index (κ1) is 14.0. The lowest BCUT2D eigenvalue weighted by atomic mass is 9.94. The topological polar surface area (TPSA) is 34.2 Å². The van der Waals surface area contributed by atoms with Gasteiger partial charge in [-0.15, -0.1) is 11.3 Å². The van der Waals surface area contributed by atoms with Crippen molar-refractivity contribution in [2.24, 2.45) is 5.92 Å². The van der Waals surface area contributed by atoms with Crippen LogP contribution in [0.5, 0.6) is 0 Å². The summed E-state index contributed by atoms with van der Waals surface area (Å²) in [6.45, 7) is 10.5. The van der Waals surface area contributed by atoms with Crippen LogP contribution in [-0.2, 0) is 11.2 Å². The number of rotatable bonds is 5.